The Labute approximate surface area is 108 Å². The van der Waals surface area contributed by atoms with Gasteiger partial charge >= 0.3 is 0 Å². The fourth-order valence-corrected chi connectivity index (χ4v) is 3.68. The third-order valence-corrected chi connectivity index (χ3v) is 5.02. The molecule has 3 atom stereocenters. The molecule has 0 saturated carbocycles. The molecule has 4 nitrogen and oxygen atoms in total. The predicted octanol–water partition coefficient (Wildman–Crippen LogP) is 2.00. The average Bonchev–Trinajstić information content (AvgIpc) is 2.86. The van der Waals surface area contributed by atoms with E-state index < -0.39 is 0 Å². The van der Waals surface area contributed by atoms with Gasteiger partial charge in [0, 0.05) is 24.1 Å². The maximum atomic E-state index is 4.34. The highest BCUT2D eigenvalue weighted by Gasteiger charge is 2.28. The van der Waals surface area contributed by atoms with Crippen molar-refractivity contribution in [2.45, 2.75) is 44.5 Å². The number of hydrogen-bond acceptors (Lipinski definition) is 4. The molecule has 0 radical (unpaired) electrons. The molecule has 1 N–H and O–H groups in total. The van der Waals surface area contributed by atoms with Gasteiger partial charge in [-0.1, -0.05) is 13.8 Å². The number of aromatic nitrogens is 3. The first-order valence-corrected chi connectivity index (χ1v) is 7.34. The SMILES string of the molecule is CC(NC1CSC(C(C)C)C1)c1ncn(C)n1. The first-order valence-electron chi connectivity index (χ1n) is 6.29. The second-order valence-electron chi connectivity index (χ2n) is 5.21. The maximum Gasteiger partial charge on any atom is 0.167 e. The fraction of sp³-hybridized carbons (Fsp3) is 0.833. The van der Waals surface area contributed by atoms with Gasteiger partial charge in [0.15, 0.2) is 5.82 Å². The van der Waals surface area contributed by atoms with Crippen molar-refractivity contribution in [2.24, 2.45) is 13.0 Å². The number of hydrogen-bond donors (Lipinski definition) is 1. The van der Waals surface area contributed by atoms with Gasteiger partial charge in [-0.05, 0) is 19.3 Å². The third kappa shape index (κ3) is 3.22. The van der Waals surface area contributed by atoms with Crippen LogP contribution in [-0.2, 0) is 7.05 Å². The summed E-state index contributed by atoms with van der Waals surface area (Å²) in [5, 5.41) is 8.78. The van der Waals surface area contributed by atoms with Crippen LogP contribution in [0.5, 0.6) is 0 Å². The second-order valence-corrected chi connectivity index (χ2v) is 6.49. The van der Waals surface area contributed by atoms with Crippen molar-refractivity contribution in [3.8, 4) is 0 Å². The summed E-state index contributed by atoms with van der Waals surface area (Å²) < 4.78 is 1.76. The molecule has 1 saturated heterocycles. The van der Waals surface area contributed by atoms with Gasteiger partial charge in [0.1, 0.15) is 6.33 Å². The molecule has 3 unspecified atom stereocenters. The first-order chi connectivity index (χ1) is 8.06. The average molecular weight is 254 g/mol. The minimum absolute atomic E-state index is 0.243. The quantitative estimate of drug-likeness (QED) is 0.892. The van der Waals surface area contributed by atoms with Crippen LogP contribution in [0.1, 0.15) is 39.1 Å². The van der Waals surface area contributed by atoms with E-state index in [4.69, 9.17) is 0 Å². The lowest BCUT2D eigenvalue weighted by atomic mass is 10.0. The molecule has 0 bridgehead atoms. The molecule has 1 aromatic rings. The molecule has 0 amide bonds. The van der Waals surface area contributed by atoms with Crippen molar-refractivity contribution in [2.75, 3.05) is 5.75 Å². The molecule has 1 aliphatic rings. The summed E-state index contributed by atoms with van der Waals surface area (Å²) in [5.41, 5.74) is 0. The van der Waals surface area contributed by atoms with Gasteiger partial charge in [-0.2, -0.15) is 16.9 Å². The first kappa shape index (κ1) is 12.9. The highest BCUT2D eigenvalue weighted by Crippen LogP contribution is 2.32. The fourth-order valence-electron chi connectivity index (χ4n) is 2.22. The van der Waals surface area contributed by atoms with Crippen LogP contribution in [-0.4, -0.2) is 31.8 Å². The van der Waals surface area contributed by atoms with Crippen molar-refractivity contribution in [1.82, 2.24) is 20.1 Å². The molecule has 0 aromatic carbocycles. The summed E-state index contributed by atoms with van der Waals surface area (Å²) in [7, 11) is 1.91. The van der Waals surface area contributed by atoms with E-state index in [1.807, 2.05) is 7.05 Å². The van der Waals surface area contributed by atoms with E-state index in [9.17, 15) is 0 Å². The van der Waals surface area contributed by atoms with Gasteiger partial charge in [0.05, 0.1) is 6.04 Å². The summed E-state index contributed by atoms with van der Waals surface area (Å²) in [6.07, 6.45) is 3.02. The summed E-state index contributed by atoms with van der Waals surface area (Å²) in [4.78, 5) is 4.29. The summed E-state index contributed by atoms with van der Waals surface area (Å²) in [6.45, 7) is 6.76. The Bertz CT molecular complexity index is 363. The second kappa shape index (κ2) is 5.40. The third-order valence-electron chi connectivity index (χ3n) is 3.26. The minimum atomic E-state index is 0.243. The molecule has 0 spiro atoms. The summed E-state index contributed by atoms with van der Waals surface area (Å²) in [6, 6.07) is 0.846. The number of nitrogens with zero attached hydrogens (tertiary/aromatic N) is 3. The van der Waals surface area contributed by atoms with E-state index in [0.29, 0.717) is 6.04 Å². The Balaban J connectivity index is 1.86. The molecule has 0 aliphatic carbocycles. The lowest BCUT2D eigenvalue weighted by Gasteiger charge is -2.17. The molecule has 1 fully saturated rings. The van der Waals surface area contributed by atoms with Gasteiger partial charge in [0.25, 0.3) is 0 Å². The van der Waals surface area contributed by atoms with E-state index in [0.717, 1.165) is 17.0 Å². The summed E-state index contributed by atoms with van der Waals surface area (Å²) in [5.74, 6) is 2.88. The Kier molecular flexibility index (Phi) is 4.09. The molecular weight excluding hydrogens is 232 g/mol. The van der Waals surface area contributed by atoms with Crippen LogP contribution in [0.4, 0.5) is 0 Å². The van der Waals surface area contributed by atoms with Crippen LogP contribution in [0.3, 0.4) is 0 Å². The van der Waals surface area contributed by atoms with Crippen molar-refractivity contribution in [3.63, 3.8) is 0 Å². The molecule has 96 valence electrons. The molecule has 2 rings (SSSR count). The highest BCUT2D eigenvalue weighted by atomic mass is 32.2. The highest BCUT2D eigenvalue weighted by molar-refractivity contribution is 8.00. The van der Waals surface area contributed by atoms with E-state index in [1.54, 1.807) is 11.0 Å². The normalized spacial score (nSPS) is 26.6. The molecule has 17 heavy (non-hydrogen) atoms. The smallest absolute Gasteiger partial charge is 0.167 e. The van der Waals surface area contributed by atoms with Gasteiger partial charge < -0.3 is 5.32 Å². The largest absolute Gasteiger partial charge is 0.304 e. The Morgan fingerprint density at radius 1 is 1.47 bits per heavy atom. The summed E-state index contributed by atoms with van der Waals surface area (Å²) >= 11 is 2.09. The number of aryl methyl sites for hydroxylation is 1. The Hall–Kier alpha value is -0.550. The zero-order valence-electron chi connectivity index (χ0n) is 11.1. The van der Waals surface area contributed by atoms with Crippen molar-refractivity contribution in [1.29, 1.82) is 0 Å². The van der Waals surface area contributed by atoms with Crippen molar-refractivity contribution in [3.05, 3.63) is 12.2 Å². The van der Waals surface area contributed by atoms with Crippen molar-refractivity contribution >= 4 is 11.8 Å². The topological polar surface area (TPSA) is 42.7 Å². The van der Waals surface area contributed by atoms with Crippen LogP contribution >= 0.6 is 11.8 Å². The molecule has 1 aromatic heterocycles. The molecule has 1 aliphatic heterocycles. The predicted molar refractivity (Wildman–Crippen MR) is 72.0 cm³/mol. The zero-order chi connectivity index (χ0) is 12.4. The van der Waals surface area contributed by atoms with Crippen LogP contribution in [0.2, 0.25) is 0 Å². The minimum Gasteiger partial charge on any atom is -0.304 e. The number of rotatable bonds is 4. The van der Waals surface area contributed by atoms with Gasteiger partial charge in [0.2, 0.25) is 0 Å². The van der Waals surface area contributed by atoms with E-state index in [1.165, 1.54) is 12.2 Å². The Morgan fingerprint density at radius 3 is 2.76 bits per heavy atom. The van der Waals surface area contributed by atoms with Gasteiger partial charge in [-0.15, -0.1) is 0 Å². The van der Waals surface area contributed by atoms with Gasteiger partial charge in [-0.3, -0.25) is 4.68 Å². The molecule has 2 heterocycles. The van der Waals surface area contributed by atoms with Crippen LogP contribution < -0.4 is 5.32 Å². The van der Waals surface area contributed by atoms with Gasteiger partial charge in [-0.25, -0.2) is 4.98 Å². The standard InChI is InChI=1S/C12H22N4S/c1-8(2)11-5-10(6-17-11)14-9(3)12-13-7-16(4)15-12/h7-11,14H,5-6H2,1-4H3. The zero-order valence-corrected chi connectivity index (χ0v) is 11.9. The van der Waals surface area contributed by atoms with Crippen LogP contribution in [0.15, 0.2) is 6.33 Å². The van der Waals surface area contributed by atoms with Crippen molar-refractivity contribution < 1.29 is 0 Å². The van der Waals surface area contributed by atoms with E-state index in [2.05, 4.69) is 47.9 Å². The Morgan fingerprint density at radius 2 is 2.24 bits per heavy atom. The lowest BCUT2D eigenvalue weighted by molar-refractivity contribution is 0.435. The van der Waals surface area contributed by atoms with E-state index in [-0.39, 0.29) is 6.04 Å². The molecular formula is C12H22N4S. The maximum absolute atomic E-state index is 4.34. The van der Waals surface area contributed by atoms with E-state index >= 15 is 0 Å². The molecule has 5 heteroatoms. The monoisotopic (exact) mass is 254 g/mol. The van der Waals surface area contributed by atoms with Crippen LogP contribution in [0, 0.1) is 5.92 Å². The number of thioether (sulfide) groups is 1. The van der Waals surface area contributed by atoms with Crippen LogP contribution in [0.25, 0.3) is 0 Å². The number of nitrogens with one attached hydrogen (secondary N) is 1. The lowest BCUT2D eigenvalue weighted by Crippen LogP contribution is -2.32.